The Kier molecular flexibility index (Phi) is 3.94. The van der Waals surface area contributed by atoms with Crippen LogP contribution in [-0.2, 0) is 0 Å². The van der Waals surface area contributed by atoms with Gasteiger partial charge in [-0.1, -0.05) is 0 Å². The summed E-state index contributed by atoms with van der Waals surface area (Å²) in [5.41, 5.74) is 0.549. The average molecular weight is 291 g/mol. The molecule has 2 aromatic rings. The van der Waals surface area contributed by atoms with Crippen molar-refractivity contribution in [2.24, 2.45) is 0 Å². The third-order valence-corrected chi connectivity index (χ3v) is 3.54. The van der Waals surface area contributed by atoms with E-state index < -0.39 is 5.82 Å². The van der Waals surface area contributed by atoms with Crippen LogP contribution in [0, 0.1) is 11.6 Å². The molecule has 3 heterocycles. The lowest BCUT2D eigenvalue weighted by molar-refractivity contribution is 0.156. The number of piperidine rings is 1. The molecular weight excluding hydrogens is 276 g/mol. The number of pyridine rings is 2. The summed E-state index contributed by atoms with van der Waals surface area (Å²) in [6, 6.07) is 4.51. The molecule has 3 rings (SSSR count). The van der Waals surface area contributed by atoms with Crippen LogP contribution in [0.25, 0.3) is 0 Å². The summed E-state index contributed by atoms with van der Waals surface area (Å²) in [6.45, 7) is 1.31. The first-order chi connectivity index (χ1) is 10.2. The van der Waals surface area contributed by atoms with Gasteiger partial charge < -0.3 is 9.64 Å². The molecule has 4 nitrogen and oxygen atoms in total. The molecule has 2 aromatic heterocycles. The highest BCUT2D eigenvalue weighted by Gasteiger charge is 2.23. The van der Waals surface area contributed by atoms with Gasteiger partial charge in [0.2, 0.25) is 0 Å². The van der Waals surface area contributed by atoms with Gasteiger partial charge in [0.25, 0.3) is 5.88 Å². The molecule has 21 heavy (non-hydrogen) atoms. The Morgan fingerprint density at radius 3 is 2.62 bits per heavy atom. The lowest BCUT2D eigenvalue weighted by Gasteiger charge is -2.33. The van der Waals surface area contributed by atoms with Crippen LogP contribution in [0.3, 0.4) is 0 Å². The van der Waals surface area contributed by atoms with Crippen molar-refractivity contribution in [2.45, 2.75) is 18.9 Å². The van der Waals surface area contributed by atoms with Crippen LogP contribution in [-0.4, -0.2) is 29.2 Å². The zero-order valence-corrected chi connectivity index (χ0v) is 11.4. The number of anilines is 1. The van der Waals surface area contributed by atoms with Gasteiger partial charge in [0, 0.05) is 38.3 Å². The Hall–Kier alpha value is -2.24. The van der Waals surface area contributed by atoms with Crippen molar-refractivity contribution < 1.29 is 13.5 Å². The first-order valence-corrected chi connectivity index (χ1v) is 6.85. The molecule has 0 saturated carbocycles. The second-order valence-electron chi connectivity index (χ2n) is 4.92. The predicted octanol–water partition coefficient (Wildman–Crippen LogP) is 2.80. The van der Waals surface area contributed by atoms with E-state index in [0.29, 0.717) is 31.6 Å². The summed E-state index contributed by atoms with van der Waals surface area (Å²) >= 11 is 0. The minimum atomic E-state index is -0.458. The van der Waals surface area contributed by atoms with Crippen molar-refractivity contribution in [2.75, 3.05) is 18.0 Å². The predicted molar refractivity (Wildman–Crippen MR) is 74.3 cm³/mol. The lowest BCUT2D eigenvalue weighted by atomic mass is 10.1. The van der Waals surface area contributed by atoms with E-state index in [4.69, 9.17) is 4.74 Å². The van der Waals surface area contributed by atoms with E-state index in [2.05, 4.69) is 9.97 Å². The molecule has 0 spiro atoms. The van der Waals surface area contributed by atoms with E-state index in [1.165, 1.54) is 24.5 Å². The van der Waals surface area contributed by atoms with Crippen molar-refractivity contribution >= 4 is 5.69 Å². The maximum absolute atomic E-state index is 13.7. The summed E-state index contributed by atoms with van der Waals surface area (Å²) < 4.78 is 32.7. The maximum atomic E-state index is 13.7. The average Bonchev–Trinajstić information content (AvgIpc) is 2.51. The first-order valence-electron chi connectivity index (χ1n) is 6.85. The van der Waals surface area contributed by atoms with Crippen molar-refractivity contribution in [1.82, 2.24) is 9.97 Å². The molecule has 1 aliphatic heterocycles. The third-order valence-electron chi connectivity index (χ3n) is 3.54. The highest BCUT2D eigenvalue weighted by molar-refractivity contribution is 5.46. The van der Waals surface area contributed by atoms with E-state index in [0.717, 1.165) is 0 Å². The number of nitrogens with zero attached hydrogens (tertiary/aromatic N) is 3. The molecule has 0 N–H and O–H groups in total. The summed E-state index contributed by atoms with van der Waals surface area (Å²) in [7, 11) is 0. The smallest absolute Gasteiger partial charge is 0.250 e. The standard InChI is InChI=1S/C15H15F2N3O/c16-12-2-1-6-19-15(12)21-11-4-8-20(9-5-11)14-3-7-18-10-13(14)17/h1-3,6-7,10-11H,4-5,8-9H2. The van der Waals surface area contributed by atoms with E-state index in [1.54, 1.807) is 12.3 Å². The number of aromatic nitrogens is 2. The van der Waals surface area contributed by atoms with Crippen molar-refractivity contribution in [3.05, 3.63) is 48.4 Å². The zero-order chi connectivity index (χ0) is 14.7. The number of ether oxygens (including phenoxy) is 1. The van der Waals surface area contributed by atoms with Gasteiger partial charge in [-0.05, 0) is 18.2 Å². The molecule has 0 amide bonds. The SMILES string of the molecule is Fc1cnccc1N1CCC(Oc2ncccc2F)CC1. The Morgan fingerprint density at radius 1 is 1.10 bits per heavy atom. The van der Waals surface area contributed by atoms with Gasteiger partial charge in [0.05, 0.1) is 11.9 Å². The van der Waals surface area contributed by atoms with Crippen LogP contribution in [0.15, 0.2) is 36.8 Å². The quantitative estimate of drug-likeness (QED) is 0.871. The summed E-state index contributed by atoms with van der Waals surface area (Å²) in [5, 5.41) is 0. The first kappa shape index (κ1) is 13.7. The largest absolute Gasteiger partial charge is 0.472 e. The number of halogens is 2. The van der Waals surface area contributed by atoms with E-state index in [-0.39, 0.29) is 17.8 Å². The fraction of sp³-hybridized carbons (Fsp3) is 0.333. The molecule has 1 saturated heterocycles. The number of hydrogen-bond acceptors (Lipinski definition) is 4. The minimum absolute atomic E-state index is 0.0334. The summed E-state index contributed by atoms with van der Waals surface area (Å²) in [4.78, 5) is 9.58. The van der Waals surface area contributed by atoms with Crippen LogP contribution in [0.4, 0.5) is 14.5 Å². The Balaban J connectivity index is 1.61. The van der Waals surface area contributed by atoms with Gasteiger partial charge in [0.15, 0.2) is 11.6 Å². The number of hydrogen-bond donors (Lipinski definition) is 0. The lowest BCUT2D eigenvalue weighted by Crippen LogP contribution is -2.38. The Bertz CT molecular complexity index is 615. The van der Waals surface area contributed by atoms with Gasteiger partial charge in [-0.15, -0.1) is 0 Å². The Labute approximate surface area is 121 Å². The topological polar surface area (TPSA) is 38.2 Å². The van der Waals surface area contributed by atoms with Gasteiger partial charge in [-0.2, -0.15) is 0 Å². The van der Waals surface area contributed by atoms with Crippen molar-refractivity contribution in [1.29, 1.82) is 0 Å². The molecule has 0 bridgehead atoms. The molecule has 0 atom stereocenters. The molecule has 1 aliphatic rings. The van der Waals surface area contributed by atoms with Gasteiger partial charge in [-0.3, -0.25) is 4.98 Å². The molecule has 0 aliphatic carbocycles. The van der Waals surface area contributed by atoms with Crippen LogP contribution in [0.5, 0.6) is 5.88 Å². The van der Waals surface area contributed by atoms with Gasteiger partial charge in [0.1, 0.15) is 6.10 Å². The zero-order valence-electron chi connectivity index (χ0n) is 11.4. The Morgan fingerprint density at radius 2 is 1.90 bits per heavy atom. The molecule has 0 aromatic carbocycles. The third kappa shape index (κ3) is 3.09. The van der Waals surface area contributed by atoms with Crippen molar-refractivity contribution in [3.63, 3.8) is 0 Å². The molecule has 6 heteroatoms. The number of rotatable bonds is 3. The highest BCUT2D eigenvalue weighted by Crippen LogP contribution is 2.24. The van der Waals surface area contributed by atoms with Crippen LogP contribution in [0.2, 0.25) is 0 Å². The van der Waals surface area contributed by atoms with Gasteiger partial charge in [-0.25, -0.2) is 13.8 Å². The van der Waals surface area contributed by atoms with Crippen molar-refractivity contribution in [3.8, 4) is 5.88 Å². The van der Waals surface area contributed by atoms with E-state index in [1.807, 2.05) is 4.90 Å². The highest BCUT2D eigenvalue weighted by atomic mass is 19.1. The molecule has 0 radical (unpaired) electrons. The second-order valence-corrected chi connectivity index (χ2v) is 4.92. The fourth-order valence-corrected chi connectivity index (χ4v) is 2.45. The van der Waals surface area contributed by atoms with Crippen LogP contribution in [0.1, 0.15) is 12.8 Å². The normalized spacial score (nSPS) is 16.0. The maximum Gasteiger partial charge on any atom is 0.250 e. The minimum Gasteiger partial charge on any atom is -0.472 e. The fourth-order valence-electron chi connectivity index (χ4n) is 2.45. The van der Waals surface area contributed by atoms with E-state index >= 15 is 0 Å². The molecule has 1 fully saturated rings. The van der Waals surface area contributed by atoms with Gasteiger partial charge >= 0.3 is 0 Å². The molecular formula is C15H15F2N3O. The van der Waals surface area contributed by atoms with Crippen LogP contribution < -0.4 is 9.64 Å². The summed E-state index contributed by atoms with van der Waals surface area (Å²) in [5.74, 6) is -0.751. The van der Waals surface area contributed by atoms with E-state index in [9.17, 15) is 8.78 Å². The second kappa shape index (κ2) is 6.03. The summed E-state index contributed by atoms with van der Waals surface area (Å²) in [6.07, 6.45) is 5.57. The molecule has 0 unspecified atom stereocenters. The van der Waals surface area contributed by atoms with Crippen LogP contribution >= 0.6 is 0 Å². The monoisotopic (exact) mass is 291 g/mol. The molecule has 110 valence electrons.